The number of benzene rings is 1. The van der Waals surface area contributed by atoms with Gasteiger partial charge in [0.05, 0.1) is 0 Å². The minimum Gasteiger partial charge on any atom is -0.371 e. The van der Waals surface area contributed by atoms with Crippen LogP contribution in [0.1, 0.15) is 37.7 Å². The van der Waals surface area contributed by atoms with Crippen molar-refractivity contribution in [3.63, 3.8) is 0 Å². The maximum absolute atomic E-state index is 13.0. The Kier molecular flexibility index (Phi) is 5.37. The van der Waals surface area contributed by atoms with Gasteiger partial charge < -0.3 is 4.90 Å². The lowest BCUT2D eigenvalue weighted by molar-refractivity contribution is -0.166. The van der Waals surface area contributed by atoms with E-state index in [9.17, 15) is 18.0 Å². The van der Waals surface area contributed by atoms with Crippen molar-refractivity contribution in [3.8, 4) is 0 Å². The molecule has 0 unspecified atom stereocenters. The van der Waals surface area contributed by atoms with Crippen LogP contribution in [0, 0.1) is 0 Å². The van der Waals surface area contributed by atoms with E-state index in [0.29, 0.717) is 25.2 Å². The number of Topliss-reactive ketones (excluding diaryl/α,β-unsaturated/α-hetero) is 1. The number of allylic oxidation sites excluding steroid dienone is 2. The molecule has 1 saturated heterocycles. The number of nitrogens with zero attached hydrogens (tertiary/aromatic N) is 1. The highest BCUT2D eigenvalue weighted by molar-refractivity contribution is 9.10. The molecule has 0 bridgehead atoms. The molecule has 0 atom stereocenters. The number of carbonyl (C=O) groups excluding carboxylic acids is 1. The average molecular weight is 414 g/mol. The number of alkyl halides is 3. The number of piperidine rings is 1. The summed E-state index contributed by atoms with van der Waals surface area (Å²) >= 11 is 3.38. The zero-order chi connectivity index (χ0) is 18.0. The second kappa shape index (κ2) is 7.36. The molecule has 0 spiro atoms. The van der Waals surface area contributed by atoms with E-state index < -0.39 is 12.0 Å². The number of ketones is 1. The van der Waals surface area contributed by atoms with Crippen LogP contribution in [0.3, 0.4) is 0 Å². The molecule has 1 aliphatic heterocycles. The molecule has 0 aromatic heterocycles. The Bertz CT molecular complexity index is 713. The quantitative estimate of drug-likeness (QED) is 0.651. The van der Waals surface area contributed by atoms with Gasteiger partial charge in [-0.15, -0.1) is 0 Å². The predicted molar refractivity (Wildman–Crippen MR) is 94.9 cm³/mol. The first-order chi connectivity index (χ1) is 11.9. The SMILES string of the molecule is O=C(C1=C(N2CCCCC2)/C(=C\c2ccc(Br)cc2)CC1)C(F)(F)F. The third kappa shape index (κ3) is 4.17. The first-order valence-corrected chi connectivity index (χ1v) is 9.21. The second-order valence-corrected chi connectivity index (χ2v) is 7.34. The van der Waals surface area contributed by atoms with Gasteiger partial charge in [-0.3, -0.25) is 4.79 Å². The van der Waals surface area contributed by atoms with Gasteiger partial charge in [-0.05, 0) is 61.4 Å². The monoisotopic (exact) mass is 413 g/mol. The largest absolute Gasteiger partial charge is 0.454 e. The van der Waals surface area contributed by atoms with Crippen molar-refractivity contribution in [2.75, 3.05) is 13.1 Å². The van der Waals surface area contributed by atoms with Gasteiger partial charge in [0.1, 0.15) is 0 Å². The van der Waals surface area contributed by atoms with Gasteiger partial charge in [-0.25, -0.2) is 0 Å². The maximum Gasteiger partial charge on any atom is 0.454 e. The van der Waals surface area contributed by atoms with Gasteiger partial charge in [-0.2, -0.15) is 13.2 Å². The smallest absolute Gasteiger partial charge is 0.371 e. The number of likely N-dealkylation sites (tertiary alicyclic amines) is 1. The number of carbonyl (C=O) groups is 1. The van der Waals surface area contributed by atoms with E-state index in [1.807, 2.05) is 35.2 Å². The fourth-order valence-corrected chi connectivity index (χ4v) is 3.76. The first-order valence-electron chi connectivity index (χ1n) is 8.42. The molecular weight excluding hydrogens is 395 g/mol. The van der Waals surface area contributed by atoms with Crippen molar-refractivity contribution >= 4 is 27.8 Å². The predicted octanol–water partition coefficient (Wildman–Crippen LogP) is 5.50. The molecule has 1 aromatic carbocycles. The summed E-state index contributed by atoms with van der Waals surface area (Å²) in [5.74, 6) is -1.69. The summed E-state index contributed by atoms with van der Waals surface area (Å²) < 4.78 is 40.0. The van der Waals surface area contributed by atoms with Crippen molar-refractivity contribution in [1.82, 2.24) is 4.90 Å². The Morgan fingerprint density at radius 3 is 2.28 bits per heavy atom. The lowest BCUT2D eigenvalue weighted by atomic mass is 10.0. The molecule has 2 nitrogen and oxygen atoms in total. The van der Waals surface area contributed by atoms with Crippen LogP contribution in [0.15, 0.2) is 45.6 Å². The van der Waals surface area contributed by atoms with Crippen molar-refractivity contribution in [1.29, 1.82) is 0 Å². The molecule has 0 amide bonds. The van der Waals surface area contributed by atoms with E-state index in [1.165, 1.54) is 0 Å². The Morgan fingerprint density at radius 1 is 1.04 bits per heavy atom. The van der Waals surface area contributed by atoms with Crippen LogP contribution >= 0.6 is 15.9 Å². The molecular formula is C19H19BrF3NO. The third-order valence-electron chi connectivity index (χ3n) is 4.65. The summed E-state index contributed by atoms with van der Waals surface area (Å²) in [7, 11) is 0. The number of hydrogen-bond donors (Lipinski definition) is 0. The molecule has 134 valence electrons. The molecule has 6 heteroatoms. The van der Waals surface area contributed by atoms with E-state index in [2.05, 4.69) is 15.9 Å². The van der Waals surface area contributed by atoms with E-state index in [4.69, 9.17) is 0 Å². The summed E-state index contributed by atoms with van der Waals surface area (Å²) in [6, 6.07) is 7.61. The van der Waals surface area contributed by atoms with Gasteiger partial charge in [0.15, 0.2) is 0 Å². The van der Waals surface area contributed by atoms with Crippen LogP contribution < -0.4 is 0 Å². The van der Waals surface area contributed by atoms with Crippen molar-refractivity contribution in [2.45, 2.75) is 38.3 Å². The molecule has 1 aromatic rings. The van der Waals surface area contributed by atoms with Crippen LogP contribution in [0.4, 0.5) is 13.2 Å². The van der Waals surface area contributed by atoms with Gasteiger partial charge >= 0.3 is 6.18 Å². The molecule has 25 heavy (non-hydrogen) atoms. The second-order valence-electron chi connectivity index (χ2n) is 6.42. The molecule has 0 N–H and O–H groups in total. The molecule has 0 radical (unpaired) electrons. The summed E-state index contributed by atoms with van der Waals surface area (Å²) in [6.45, 7) is 1.42. The molecule has 1 heterocycles. The van der Waals surface area contributed by atoms with Crippen LogP contribution in [0.25, 0.3) is 6.08 Å². The lowest BCUT2D eigenvalue weighted by Gasteiger charge is -2.31. The van der Waals surface area contributed by atoms with E-state index in [-0.39, 0.29) is 12.0 Å². The van der Waals surface area contributed by atoms with E-state index in [1.54, 1.807) is 0 Å². The summed E-state index contributed by atoms with van der Waals surface area (Å²) in [4.78, 5) is 13.9. The van der Waals surface area contributed by atoms with Gasteiger partial charge in [-0.1, -0.05) is 28.1 Å². The highest BCUT2D eigenvalue weighted by Gasteiger charge is 2.44. The number of halogens is 4. The molecule has 1 fully saturated rings. The Hall–Kier alpha value is -1.56. The highest BCUT2D eigenvalue weighted by Crippen LogP contribution is 2.39. The minimum atomic E-state index is -4.82. The fourth-order valence-electron chi connectivity index (χ4n) is 3.49. The Balaban J connectivity index is 2.01. The standard InChI is InChI=1S/C19H19BrF3NO/c20-15-7-4-13(5-8-15)12-14-6-9-16(18(25)19(21,22)23)17(14)24-10-2-1-3-11-24/h4-5,7-8,12H,1-3,6,9-11H2/b14-12-. The van der Waals surface area contributed by atoms with Crippen molar-refractivity contribution in [2.24, 2.45) is 0 Å². The molecule has 3 rings (SSSR count). The van der Waals surface area contributed by atoms with Crippen LogP contribution in [-0.2, 0) is 4.79 Å². The third-order valence-corrected chi connectivity index (χ3v) is 5.18. The summed E-state index contributed by atoms with van der Waals surface area (Å²) in [5.41, 5.74) is 2.20. The van der Waals surface area contributed by atoms with Gasteiger partial charge in [0.25, 0.3) is 5.78 Å². The normalized spacial score (nSPS) is 20.5. The fraction of sp³-hybridized carbons (Fsp3) is 0.421. The van der Waals surface area contributed by atoms with Crippen LogP contribution in [0.5, 0.6) is 0 Å². The minimum absolute atomic E-state index is 0.0715. The average Bonchev–Trinajstić information content (AvgIpc) is 2.99. The van der Waals surface area contributed by atoms with Gasteiger partial charge in [0.2, 0.25) is 0 Å². The summed E-state index contributed by atoms with van der Waals surface area (Å²) in [5, 5.41) is 0. The molecule has 1 aliphatic carbocycles. The van der Waals surface area contributed by atoms with Crippen molar-refractivity contribution < 1.29 is 18.0 Å². The molecule has 0 saturated carbocycles. The van der Waals surface area contributed by atoms with E-state index >= 15 is 0 Å². The number of rotatable bonds is 3. The first kappa shape index (κ1) is 18.2. The van der Waals surface area contributed by atoms with E-state index in [0.717, 1.165) is 34.9 Å². The maximum atomic E-state index is 13.0. The number of hydrogen-bond acceptors (Lipinski definition) is 2. The Morgan fingerprint density at radius 2 is 1.68 bits per heavy atom. The lowest BCUT2D eigenvalue weighted by Crippen LogP contribution is -2.32. The molecule has 2 aliphatic rings. The zero-order valence-corrected chi connectivity index (χ0v) is 15.3. The van der Waals surface area contributed by atoms with Crippen LogP contribution in [0.2, 0.25) is 0 Å². The summed E-state index contributed by atoms with van der Waals surface area (Å²) in [6.07, 6.45) is 0.700. The van der Waals surface area contributed by atoms with Crippen molar-refractivity contribution in [3.05, 3.63) is 51.1 Å². The van der Waals surface area contributed by atoms with Crippen LogP contribution in [-0.4, -0.2) is 29.9 Å². The van der Waals surface area contributed by atoms with Gasteiger partial charge in [0, 0.05) is 28.8 Å². The topological polar surface area (TPSA) is 20.3 Å². The highest BCUT2D eigenvalue weighted by atomic mass is 79.9. The Labute approximate surface area is 153 Å². The zero-order valence-electron chi connectivity index (χ0n) is 13.7.